The van der Waals surface area contributed by atoms with Crippen LogP contribution in [-0.4, -0.2) is 19.7 Å². The Hall–Kier alpha value is -1.54. The van der Waals surface area contributed by atoms with E-state index >= 15 is 0 Å². The Labute approximate surface area is 126 Å². The number of fused-ring (bicyclic) bond motifs is 1. The van der Waals surface area contributed by atoms with E-state index < -0.39 is 0 Å². The van der Waals surface area contributed by atoms with Crippen molar-refractivity contribution in [3.05, 3.63) is 38.9 Å². The van der Waals surface area contributed by atoms with Gasteiger partial charge in [0.05, 0.1) is 15.5 Å². The molecule has 3 aromatic rings. The molecule has 1 aromatic carbocycles. The number of hydrogen-bond acceptors (Lipinski definition) is 4. The van der Waals surface area contributed by atoms with E-state index in [4.69, 9.17) is 16.7 Å². The van der Waals surface area contributed by atoms with Crippen LogP contribution >= 0.6 is 28.1 Å². The molecule has 0 unspecified atom stereocenters. The molecule has 0 aliphatic heterocycles. The van der Waals surface area contributed by atoms with Crippen molar-refractivity contribution in [2.24, 2.45) is 0 Å². The fraction of sp³-hybridized carbons (Fsp3) is 0.250. The van der Waals surface area contributed by atoms with Crippen LogP contribution in [0.15, 0.2) is 21.1 Å². The summed E-state index contributed by atoms with van der Waals surface area (Å²) >= 11 is 8.42. The summed E-state index contributed by atoms with van der Waals surface area (Å²) in [7, 11) is 0. The van der Waals surface area contributed by atoms with E-state index in [1.54, 1.807) is 13.0 Å². The maximum atomic E-state index is 13.7. The Morgan fingerprint density at radius 2 is 2.30 bits per heavy atom. The Morgan fingerprint density at radius 1 is 1.50 bits per heavy atom. The highest BCUT2D eigenvalue weighted by molar-refractivity contribution is 9.10. The molecule has 0 spiro atoms. The van der Waals surface area contributed by atoms with Crippen molar-refractivity contribution < 1.29 is 8.91 Å². The molecule has 104 valence electrons. The van der Waals surface area contributed by atoms with Crippen LogP contribution in [0.5, 0.6) is 0 Å². The molecule has 3 rings (SSSR count). The van der Waals surface area contributed by atoms with Crippen LogP contribution in [0.1, 0.15) is 11.7 Å². The van der Waals surface area contributed by atoms with Crippen molar-refractivity contribution >= 4 is 39.2 Å². The third-order valence-corrected chi connectivity index (χ3v) is 3.87. The van der Waals surface area contributed by atoms with Crippen molar-refractivity contribution in [3.8, 4) is 0 Å². The largest absolute Gasteiger partial charge is 0.340 e. The van der Waals surface area contributed by atoms with E-state index in [0.29, 0.717) is 33.9 Å². The Morgan fingerprint density at radius 3 is 3.00 bits per heavy atom. The maximum Gasteiger partial charge on any atom is 0.223 e. The summed E-state index contributed by atoms with van der Waals surface area (Å²) in [5, 5.41) is 3.83. The number of hydrogen-bond donors (Lipinski definition) is 1. The fourth-order valence-corrected chi connectivity index (χ4v) is 2.67. The van der Waals surface area contributed by atoms with Gasteiger partial charge in [-0.25, -0.2) is 4.39 Å². The highest BCUT2D eigenvalue weighted by Crippen LogP contribution is 2.23. The number of imidazole rings is 1. The lowest BCUT2D eigenvalue weighted by molar-refractivity contribution is 0.386. The fourth-order valence-electron chi connectivity index (χ4n) is 2.03. The minimum atomic E-state index is -0.323. The van der Waals surface area contributed by atoms with Crippen molar-refractivity contribution in [2.45, 2.75) is 19.9 Å². The molecule has 0 bridgehead atoms. The lowest BCUT2D eigenvalue weighted by atomic mass is 10.3. The summed E-state index contributed by atoms with van der Waals surface area (Å²) in [6, 6.07) is 3.13. The third-order valence-electron chi connectivity index (χ3n) is 2.94. The van der Waals surface area contributed by atoms with Crippen LogP contribution in [0.3, 0.4) is 0 Å². The van der Waals surface area contributed by atoms with Gasteiger partial charge in [-0.1, -0.05) is 5.16 Å². The lowest BCUT2D eigenvalue weighted by Crippen LogP contribution is -2.03. The predicted molar refractivity (Wildman–Crippen MR) is 77.5 cm³/mol. The maximum absolute atomic E-state index is 13.7. The first-order valence-electron chi connectivity index (χ1n) is 5.91. The molecule has 2 aromatic heterocycles. The predicted octanol–water partition coefficient (Wildman–Crippen LogP) is 3.53. The minimum Gasteiger partial charge on any atom is -0.340 e. The van der Waals surface area contributed by atoms with Gasteiger partial charge in [-0.3, -0.25) is 0 Å². The second-order valence-electron chi connectivity index (χ2n) is 4.34. The van der Waals surface area contributed by atoms with E-state index in [1.165, 1.54) is 6.07 Å². The molecule has 0 saturated heterocycles. The van der Waals surface area contributed by atoms with Gasteiger partial charge >= 0.3 is 0 Å². The second kappa shape index (κ2) is 5.10. The second-order valence-corrected chi connectivity index (χ2v) is 5.59. The van der Waals surface area contributed by atoms with Crippen LogP contribution in [-0.2, 0) is 13.0 Å². The topological polar surface area (TPSA) is 59.6 Å². The van der Waals surface area contributed by atoms with Gasteiger partial charge in [0, 0.05) is 26.0 Å². The van der Waals surface area contributed by atoms with Crippen LogP contribution in [0.25, 0.3) is 11.0 Å². The van der Waals surface area contributed by atoms with Crippen LogP contribution in [0.2, 0.25) is 0 Å². The molecular weight excluding hydrogens is 347 g/mol. The molecule has 0 saturated carbocycles. The zero-order valence-corrected chi connectivity index (χ0v) is 12.9. The molecule has 2 heterocycles. The summed E-state index contributed by atoms with van der Waals surface area (Å²) in [5.41, 5.74) is 1.50. The molecule has 0 aliphatic carbocycles. The van der Waals surface area contributed by atoms with Gasteiger partial charge < -0.3 is 14.1 Å². The van der Waals surface area contributed by atoms with E-state index in [9.17, 15) is 4.39 Å². The van der Waals surface area contributed by atoms with Crippen molar-refractivity contribution in [3.63, 3.8) is 0 Å². The van der Waals surface area contributed by atoms with Crippen molar-refractivity contribution in [1.82, 2.24) is 19.7 Å². The van der Waals surface area contributed by atoms with Crippen molar-refractivity contribution in [2.75, 3.05) is 0 Å². The number of halogens is 2. The number of nitrogens with zero attached hydrogens (tertiary/aromatic N) is 3. The SMILES string of the molecule is Cc1nc(CCn2c(=S)[nH]c3cc(Br)c(F)cc32)no1. The zero-order valence-electron chi connectivity index (χ0n) is 10.5. The van der Waals surface area contributed by atoms with Gasteiger partial charge in [0.1, 0.15) is 5.82 Å². The minimum absolute atomic E-state index is 0.323. The number of aromatic amines is 1. The Kier molecular flexibility index (Phi) is 3.43. The third kappa shape index (κ3) is 2.40. The zero-order chi connectivity index (χ0) is 14.3. The summed E-state index contributed by atoms with van der Waals surface area (Å²) in [6.07, 6.45) is 0.566. The van der Waals surface area contributed by atoms with E-state index in [-0.39, 0.29) is 5.82 Å². The first kappa shape index (κ1) is 13.4. The average molecular weight is 357 g/mol. The number of aromatic nitrogens is 4. The number of benzene rings is 1. The monoisotopic (exact) mass is 356 g/mol. The normalized spacial score (nSPS) is 11.3. The van der Waals surface area contributed by atoms with Gasteiger partial charge in [0.15, 0.2) is 10.6 Å². The van der Waals surface area contributed by atoms with Crippen LogP contribution < -0.4 is 0 Å². The summed E-state index contributed by atoms with van der Waals surface area (Å²) in [5.74, 6) is 0.810. The first-order valence-corrected chi connectivity index (χ1v) is 7.11. The first-order chi connectivity index (χ1) is 9.54. The van der Waals surface area contributed by atoms with Crippen LogP contribution in [0, 0.1) is 17.5 Å². The highest BCUT2D eigenvalue weighted by Gasteiger charge is 2.10. The number of nitrogens with one attached hydrogen (secondary N) is 1. The van der Waals surface area contributed by atoms with Gasteiger partial charge in [0.2, 0.25) is 5.89 Å². The van der Waals surface area contributed by atoms with Gasteiger partial charge in [-0.2, -0.15) is 4.98 Å². The molecule has 0 atom stereocenters. The van der Waals surface area contributed by atoms with E-state index in [1.807, 2.05) is 4.57 Å². The van der Waals surface area contributed by atoms with Gasteiger partial charge in [-0.05, 0) is 34.2 Å². The molecule has 5 nitrogen and oxygen atoms in total. The summed E-state index contributed by atoms with van der Waals surface area (Å²) in [4.78, 5) is 7.19. The lowest BCUT2D eigenvalue weighted by Gasteiger charge is -2.02. The molecule has 20 heavy (non-hydrogen) atoms. The van der Waals surface area contributed by atoms with Gasteiger partial charge in [0.25, 0.3) is 0 Å². The standard InChI is InChI=1S/C12H10BrFN4OS/c1-6-15-11(17-19-6)2-3-18-10-5-8(14)7(13)4-9(10)16-12(18)20/h4-5H,2-3H2,1H3,(H,16,20). The quantitative estimate of drug-likeness (QED) is 0.729. The van der Waals surface area contributed by atoms with Crippen LogP contribution in [0.4, 0.5) is 4.39 Å². The molecule has 0 fully saturated rings. The van der Waals surface area contributed by atoms with Gasteiger partial charge in [-0.15, -0.1) is 0 Å². The molecule has 1 N–H and O–H groups in total. The number of aryl methyl sites for hydroxylation is 3. The Balaban J connectivity index is 1.96. The Bertz CT molecular complexity index is 838. The highest BCUT2D eigenvalue weighted by atomic mass is 79.9. The molecule has 0 radical (unpaired) electrons. The van der Waals surface area contributed by atoms with E-state index in [2.05, 4.69) is 31.1 Å². The smallest absolute Gasteiger partial charge is 0.223 e. The number of rotatable bonds is 3. The molecule has 0 aliphatic rings. The van der Waals surface area contributed by atoms with E-state index in [0.717, 1.165) is 11.0 Å². The summed E-state index contributed by atoms with van der Waals surface area (Å²) < 4.78 is 21.3. The molecule has 0 amide bonds. The molecule has 8 heteroatoms. The summed E-state index contributed by atoms with van der Waals surface area (Å²) in [6.45, 7) is 2.29. The number of H-pyrrole nitrogens is 1. The molecular formula is C12H10BrFN4OS. The van der Waals surface area contributed by atoms with Crippen molar-refractivity contribution in [1.29, 1.82) is 0 Å². The average Bonchev–Trinajstić information content (AvgIpc) is 2.92.